The van der Waals surface area contributed by atoms with Gasteiger partial charge < -0.3 is 15.2 Å². The maximum Gasteiger partial charge on any atom is 0.266 e. The van der Waals surface area contributed by atoms with Crippen molar-refractivity contribution in [2.24, 2.45) is 0 Å². The number of carbonyl (C=O) groups is 2. The van der Waals surface area contributed by atoms with E-state index in [9.17, 15) is 14.7 Å². The fourth-order valence-corrected chi connectivity index (χ4v) is 3.68. The van der Waals surface area contributed by atoms with Crippen LogP contribution >= 0.6 is 24.0 Å². The number of rotatable bonds is 5. The number of ether oxygens (including phenoxy) is 1. The third-order valence-electron chi connectivity index (χ3n) is 3.72. The maximum absolute atomic E-state index is 12.6. The van der Waals surface area contributed by atoms with Gasteiger partial charge in [-0.1, -0.05) is 36.1 Å². The molecule has 1 saturated heterocycles. The second-order valence-corrected chi connectivity index (χ2v) is 7.32. The van der Waals surface area contributed by atoms with Gasteiger partial charge in [0, 0.05) is 5.69 Å². The van der Waals surface area contributed by atoms with Crippen LogP contribution in [-0.4, -0.2) is 39.8 Å². The molecule has 1 heterocycles. The van der Waals surface area contributed by atoms with Crippen LogP contribution in [0.4, 0.5) is 5.69 Å². The average Bonchev–Trinajstić information content (AvgIpc) is 2.90. The number of aromatic hydroxyl groups is 1. The van der Waals surface area contributed by atoms with Crippen LogP contribution < -0.4 is 10.1 Å². The number of anilines is 1. The Bertz CT molecular complexity index is 926. The van der Waals surface area contributed by atoms with Crippen molar-refractivity contribution in [3.05, 3.63) is 59.0 Å². The van der Waals surface area contributed by atoms with Crippen molar-refractivity contribution < 1.29 is 19.4 Å². The van der Waals surface area contributed by atoms with Gasteiger partial charge in [0.2, 0.25) is 5.91 Å². The van der Waals surface area contributed by atoms with Crippen LogP contribution in [0.5, 0.6) is 11.5 Å². The molecular weight excluding hydrogens is 384 g/mol. The SMILES string of the molecule is COc1ccc(NC(=O)CN2C(=O)/C(=C/c3cccc(O)c3)SC2=S)cc1. The number of nitrogens with zero attached hydrogens (tertiary/aromatic N) is 1. The number of hydrogen-bond acceptors (Lipinski definition) is 6. The highest BCUT2D eigenvalue weighted by Crippen LogP contribution is 2.32. The van der Waals surface area contributed by atoms with E-state index in [0.717, 1.165) is 11.8 Å². The summed E-state index contributed by atoms with van der Waals surface area (Å²) in [6.45, 7) is -0.173. The summed E-state index contributed by atoms with van der Waals surface area (Å²) in [7, 11) is 1.56. The van der Waals surface area contributed by atoms with Gasteiger partial charge in [-0.05, 0) is 48.0 Å². The molecule has 3 rings (SSSR count). The van der Waals surface area contributed by atoms with Gasteiger partial charge in [-0.2, -0.15) is 0 Å². The third kappa shape index (κ3) is 4.66. The summed E-state index contributed by atoms with van der Waals surface area (Å²) < 4.78 is 5.39. The summed E-state index contributed by atoms with van der Waals surface area (Å²) in [4.78, 5) is 26.5. The number of methoxy groups -OCH3 is 1. The summed E-state index contributed by atoms with van der Waals surface area (Å²) >= 11 is 6.36. The molecule has 2 aromatic rings. The molecule has 0 spiro atoms. The zero-order chi connectivity index (χ0) is 19.4. The highest BCUT2D eigenvalue weighted by Gasteiger charge is 2.33. The van der Waals surface area contributed by atoms with Gasteiger partial charge in [0.05, 0.1) is 12.0 Å². The van der Waals surface area contributed by atoms with E-state index >= 15 is 0 Å². The molecule has 1 aliphatic heterocycles. The van der Waals surface area contributed by atoms with Crippen LogP contribution in [0.15, 0.2) is 53.4 Å². The Morgan fingerprint density at radius 2 is 2.04 bits per heavy atom. The van der Waals surface area contributed by atoms with E-state index in [2.05, 4.69) is 5.32 Å². The second kappa shape index (κ2) is 8.24. The number of thioether (sulfide) groups is 1. The molecule has 0 radical (unpaired) electrons. The molecule has 2 aromatic carbocycles. The van der Waals surface area contributed by atoms with E-state index in [4.69, 9.17) is 17.0 Å². The Morgan fingerprint density at radius 3 is 2.70 bits per heavy atom. The van der Waals surface area contributed by atoms with E-state index in [-0.39, 0.29) is 24.1 Å². The predicted octanol–water partition coefficient (Wildman–Crippen LogP) is 3.24. The molecule has 0 bridgehead atoms. The lowest BCUT2D eigenvalue weighted by molar-refractivity contribution is -0.126. The molecule has 1 aliphatic rings. The molecule has 8 heteroatoms. The lowest BCUT2D eigenvalue weighted by Crippen LogP contribution is -2.36. The highest BCUT2D eigenvalue weighted by molar-refractivity contribution is 8.26. The van der Waals surface area contributed by atoms with Crippen LogP contribution in [0, 0.1) is 0 Å². The number of thiocarbonyl (C=S) groups is 1. The summed E-state index contributed by atoms with van der Waals surface area (Å²) in [5.41, 5.74) is 1.28. The van der Waals surface area contributed by atoms with E-state index in [1.54, 1.807) is 61.7 Å². The Morgan fingerprint density at radius 1 is 1.30 bits per heavy atom. The van der Waals surface area contributed by atoms with Gasteiger partial charge in [0.25, 0.3) is 5.91 Å². The molecule has 138 valence electrons. The molecule has 0 aromatic heterocycles. The van der Waals surface area contributed by atoms with Gasteiger partial charge in [0.15, 0.2) is 0 Å². The summed E-state index contributed by atoms with van der Waals surface area (Å²) in [5, 5.41) is 12.3. The first-order chi connectivity index (χ1) is 13.0. The molecule has 0 aliphatic carbocycles. The van der Waals surface area contributed by atoms with Gasteiger partial charge in [-0.3, -0.25) is 14.5 Å². The fraction of sp³-hybridized carbons (Fsp3) is 0.105. The normalized spacial score (nSPS) is 15.3. The van der Waals surface area contributed by atoms with E-state index in [1.807, 2.05) is 0 Å². The first-order valence-corrected chi connectivity index (χ1v) is 9.17. The van der Waals surface area contributed by atoms with Crippen molar-refractivity contribution >= 4 is 51.9 Å². The highest BCUT2D eigenvalue weighted by atomic mass is 32.2. The van der Waals surface area contributed by atoms with Crippen molar-refractivity contribution in [2.75, 3.05) is 19.0 Å². The Kier molecular flexibility index (Phi) is 5.78. The summed E-state index contributed by atoms with van der Waals surface area (Å²) in [5.74, 6) is 0.105. The summed E-state index contributed by atoms with van der Waals surface area (Å²) in [6.07, 6.45) is 1.64. The monoisotopic (exact) mass is 400 g/mol. The predicted molar refractivity (Wildman–Crippen MR) is 110 cm³/mol. The number of amides is 2. The fourth-order valence-electron chi connectivity index (χ4n) is 2.42. The quantitative estimate of drug-likeness (QED) is 0.593. The first-order valence-electron chi connectivity index (χ1n) is 7.94. The van der Waals surface area contributed by atoms with Gasteiger partial charge in [0.1, 0.15) is 22.4 Å². The number of hydrogen-bond donors (Lipinski definition) is 2. The lowest BCUT2D eigenvalue weighted by atomic mass is 10.2. The van der Waals surface area contributed by atoms with Crippen LogP contribution in [0.2, 0.25) is 0 Å². The van der Waals surface area contributed by atoms with Gasteiger partial charge in [-0.25, -0.2) is 0 Å². The van der Waals surface area contributed by atoms with Crippen LogP contribution in [0.1, 0.15) is 5.56 Å². The van der Waals surface area contributed by atoms with Gasteiger partial charge in [-0.15, -0.1) is 0 Å². The van der Waals surface area contributed by atoms with Crippen LogP contribution in [0.25, 0.3) is 6.08 Å². The zero-order valence-electron chi connectivity index (χ0n) is 14.3. The second-order valence-electron chi connectivity index (χ2n) is 5.64. The van der Waals surface area contributed by atoms with Crippen LogP contribution in [0.3, 0.4) is 0 Å². The lowest BCUT2D eigenvalue weighted by Gasteiger charge is -2.14. The Balaban J connectivity index is 1.67. The molecule has 0 saturated carbocycles. The number of carbonyl (C=O) groups excluding carboxylic acids is 2. The smallest absolute Gasteiger partial charge is 0.266 e. The topological polar surface area (TPSA) is 78.9 Å². The number of nitrogens with one attached hydrogen (secondary N) is 1. The first kappa shape index (κ1) is 18.9. The molecular formula is C19H16N2O4S2. The van der Waals surface area contributed by atoms with Crippen molar-refractivity contribution in [1.29, 1.82) is 0 Å². The zero-order valence-corrected chi connectivity index (χ0v) is 16.0. The minimum absolute atomic E-state index is 0.109. The van der Waals surface area contributed by atoms with E-state index < -0.39 is 0 Å². The number of phenolic OH excluding ortho intramolecular Hbond substituents is 1. The average molecular weight is 400 g/mol. The standard InChI is InChI=1S/C19H16N2O4S2/c1-25-15-7-5-13(6-8-15)20-17(23)11-21-18(24)16(27-19(21)26)10-12-3-2-4-14(22)9-12/h2-10,22H,11H2,1H3,(H,20,23)/b16-10-. The van der Waals surface area contributed by atoms with Gasteiger partial charge >= 0.3 is 0 Å². The molecule has 1 fully saturated rings. The van der Waals surface area contributed by atoms with Crippen molar-refractivity contribution in [1.82, 2.24) is 4.90 Å². The van der Waals surface area contributed by atoms with Crippen molar-refractivity contribution in [3.63, 3.8) is 0 Å². The van der Waals surface area contributed by atoms with Crippen LogP contribution in [-0.2, 0) is 9.59 Å². The molecule has 2 N–H and O–H groups in total. The number of benzene rings is 2. The number of phenols is 1. The molecule has 0 atom stereocenters. The molecule has 0 unspecified atom stereocenters. The van der Waals surface area contributed by atoms with Crippen molar-refractivity contribution in [2.45, 2.75) is 0 Å². The molecule has 27 heavy (non-hydrogen) atoms. The summed E-state index contributed by atoms with van der Waals surface area (Å²) in [6, 6.07) is 13.4. The minimum atomic E-state index is -0.352. The third-order valence-corrected chi connectivity index (χ3v) is 5.09. The minimum Gasteiger partial charge on any atom is -0.508 e. The molecule has 2 amide bonds. The van der Waals surface area contributed by atoms with E-state index in [0.29, 0.717) is 26.2 Å². The molecule has 6 nitrogen and oxygen atoms in total. The van der Waals surface area contributed by atoms with Crippen molar-refractivity contribution in [3.8, 4) is 11.5 Å². The maximum atomic E-state index is 12.6. The van der Waals surface area contributed by atoms with E-state index in [1.165, 1.54) is 4.90 Å². The largest absolute Gasteiger partial charge is 0.508 e. The Labute approximate surface area is 165 Å². The Hall–Kier alpha value is -2.84.